The van der Waals surface area contributed by atoms with Crippen LogP contribution in [0.2, 0.25) is 5.02 Å². The van der Waals surface area contributed by atoms with E-state index in [1.54, 1.807) is 0 Å². The Kier molecular flexibility index (Phi) is 4.98. The molecular formula is C11H9ClF2N2O4. The van der Waals surface area contributed by atoms with Crippen molar-refractivity contribution in [2.24, 2.45) is 5.73 Å². The molecule has 0 bridgehead atoms. The van der Waals surface area contributed by atoms with Crippen LogP contribution in [-0.2, 0) is 9.59 Å². The van der Waals surface area contributed by atoms with Crippen LogP contribution in [0.4, 0.5) is 8.78 Å². The van der Waals surface area contributed by atoms with Gasteiger partial charge in [-0.2, -0.15) is 0 Å². The van der Waals surface area contributed by atoms with Gasteiger partial charge >= 0.3 is 5.97 Å². The normalized spacial score (nSPS) is 11.8. The third-order valence-electron chi connectivity index (χ3n) is 2.26. The molecule has 0 aliphatic rings. The van der Waals surface area contributed by atoms with Gasteiger partial charge in [-0.3, -0.25) is 9.59 Å². The number of carboxylic acid groups (broad SMARTS) is 1. The van der Waals surface area contributed by atoms with E-state index in [-0.39, 0.29) is 0 Å². The zero-order valence-electron chi connectivity index (χ0n) is 9.82. The number of carbonyl (C=O) groups is 3. The van der Waals surface area contributed by atoms with Crippen molar-refractivity contribution < 1.29 is 28.3 Å². The molecule has 9 heteroatoms. The molecule has 0 saturated heterocycles. The van der Waals surface area contributed by atoms with Crippen molar-refractivity contribution in [1.82, 2.24) is 5.32 Å². The number of rotatable bonds is 5. The molecule has 0 saturated carbocycles. The van der Waals surface area contributed by atoms with Gasteiger partial charge in [0, 0.05) is 0 Å². The predicted molar refractivity (Wildman–Crippen MR) is 64.1 cm³/mol. The third-order valence-corrected chi connectivity index (χ3v) is 2.55. The number of hydrogen-bond donors (Lipinski definition) is 3. The highest BCUT2D eigenvalue weighted by Crippen LogP contribution is 2.19. The maximum Gasteiger partial charge on any atom is 0.326 e. The van der Waals surface area contributed by atoms with Gasteiger partial charge in [0.1, 0.15) is 17.7 Å². The topological polar surface area (TPSA) is 109 Å². The number of halogens is 3. The fourth-order valence-electron chi connectivity index (χ4n) is 1.33. The van der Waals surface area contributed by atoms with E-state index in [4.69, 9.17) is 22.4 Å². The zero-order chi connectivity index (χ0) is 15.4. The molecule has 0 aliphatic carbocycles. The molecule has 108 valence electrons. The van der Waals surface area contributed by atoms with Crippen LogP contribution in [0, 0.1) is 11.6 Å². The standard InChI is InChI=1S/C11H9ClF2N2O4/c12-5-2-6(13)4(1-7(5)14)10(18)16-8(11(19)20)3-9(15)17/h1-2,8H,3H2,(H2,15,17)(H,16,18)(H,19,20). The van der Waals surface area contributed by atoms with Gasteiger partial charge in [-0.15, -0.1) is 0 Å². The van der Waals surface area contributed by atoms with E-state index < -0.39 is 52.5 Å². The molecule has 0 aliphatic heterocycles. The number of carboxylic acids is 1. The number of nitrogens with two attached hydrogens (primary N) is 1. The second-order valence-corrected chi connectivity index (χ2v) is 4.19. The summed E-state index contributed by atoms with van der Waals surface area (Å²) in [7, 11) is 0. The average molecular weight is 307 g/mol. The highest BCUT2D eigenvalue weighted by atomic mass is 35.5. The van der Waals surface area contributed by atoms with Crippen LogP contribution < -0.4 is 11.1 Å². The molecule has 1 aromatic carbocycles. The van der Waals surface area contributed by atoms with Crippen molar-refractivity contribution in [3.05, 3.63) is 34.4 Å². The molecule has 1 atom stereocenters. The lowest BCUT2D eigenvalue weighted by Crippen LogP contribution is -2.43. The average Bonchev–Trinajstić information content (AvgIpc) is 2.32. The Bertz CT molecular complexity index is 580. The quantitative estimate of drug-likeness (QED) is 0.695. The summed E-state index contributed by atoms with van der Waals surface area (Å²) in [5, 5.41) is 10.1. The number of amides is 2. The van der Waals surface area contributed by atoms with E-state index in [9.17, 15) is 23.2 Å². The summed E-state index contributed by atoms with van der Waals surface area (Å²) in [5.74, 6) is -5.88. The van der Waals surface area contributed by atoms with Crippen molar-refractivity contribution in [3.8, 4) is 0 Å². The first-order chi connectivity index (χ1) is 9.22. The maximum absolute atomic E-state index is 13.4. The van der Waals surface area contributed by atoms with Gasteiger partial charge in [-0.05, 0) is 12.1 Å². The Morgan fingerprint density at radius 1 is 1.30 bits per heavy atom. The van der Waals surface area contributed by atoms with E-state index in [0.717, 1.165) is 0 Å². The molecule has 1 aromatic rings. The molecule has 0 spiro atoms. The number of nitrogens with one attached hydrogen (secondary N) is 1. The van der Waals surface area contributed by atoms with Crippen molar-refractivity contribution >= 4 is 29.4 Å². The van der Waals surface area contributed by atoms with E-state index >= 15 is 0 Å². The molecule has 20 heavy (non-hydrogen) atoms. The summed E-state index contributed by atoms with van der Waals surface area (Å²) in [6.07, 6.45) is -0.682. The molecule has 0 radical (unpaired) electrons. The summed E-state index contributed by atoms with van der Waals surface area (Å²) in [6, 6.07) is -0.538. The van der Waals surface area contributed by atoms with Crippen molar-refractivity contribution in [2.75, 3.05) is 0 Å². The number of primary amides is 1. The van der Waals surface area contributed by atoms with Gasteiger partial charge < -0.3 is 16.2 Å². The summed E-state index contributed by atoms with van der Waals surface area (Å²) in [6.45, 7) is 0. The first-order valence-electron chi connectivity index (χ1n) is 5.19. The minimum Gasteiger partial charge on any atom is -0.480 e. The summed E-state index contributed by atoms with van der Waals surface area (Å²) in [5.41, 5.74) is 4.08. The molecule has 0 aromatic heterocycles. The second-order valence-electron chi connectivity index (χ2n) is 3.78. The first kappa shape index (κ1) is 15.8. The van der Waals surface area contributed by atoms with Crippen molar-refractivity contribution in [2.45, 2.75) is 12.5 Å². The smallest absolute Gasteiger partial charge is 0.326 e. The van der Waals surface area contributed by atoms with Crippen LogP contribution in [0.3, 0.4) is 0 Å². The monoisotopic (exact) mass is 306 g/mol. The Hall–Kier alpha value is -2.22. The molecule has 1 unspecified atom stereocenters. The maximum atomic E-state index is 13.4. The summed E-state index contributed by atoms with van der Waals surface area (Å²) >= 11 is 5.31. The van der Waals surface area contributed by atoms with Gasteiger partial charge in [-0.1, -0.05) is 11.6 Å². The van der Waals surface area contributed by atoms with Gasteiger partial charge in [0.15, 0.2) is 0 Å². The summed E-state index contributed by atoms with van der Waals surface area (Å²) in [4.78, 5) is 33.1. The van der Waals surface area contributed by atoms with Crippen LogP contribution in [0.15, 0.2) is 12.1 Å². The molecular weight excluding hydrogens is 298 g/mol. The highest BCUT2D eigenvalue weighted by Gasteiger charge is 2.24. The summed E-state index contributed by atoms with van der Waals surface area (Å²) < 4.78 is 26.6. The Morgan fingerprint density at radius 2 is 1.90 bits per heavy atom. The number of hydrogen-bond acceptors (Lipinski definition) is 3. The predicted octanol–water partition coefficient (Wildman–Crippen LogP) is 0.677. The van der Waals surface area contributed by atoms with Crippen molar-refractivity contribution in [1.29, 1.82) is 0 Å². The van der Waals surface area contributed by atoms with E-state index in [0.29, 0.717) is 12.1 Å². The van der Waals surface area contributed by atoms with E-state index in [2.05, 4.69) is 0 Å². The molecule has 6 nitrogen and oxygen atoms in total. The Labute approximate surface area is 116 Å². The SMILES string of the molecule is NC(=O)CC(NC(=O)c1cc(F)c(Cl)cc1F)C(=O)O. The minimum absolute atomic E-state index is 0.522. The van der Waals surface area contributed by atoms with Gasteiger partial charge in [-0.25, -0.2) is 13.6 Å². The van der Waals surface area contributed by atoms with Crippen LogP contribution in [0.5, 0.6) is 0 Å². The first-order valence-corrected chi connectivity index (χ1v) is 5.56. The Morgan fingerprint density at radius 3 is 2.40 bits per heavy atom. The number of benzene rings is 1. The van der Waals surface area contributed by atoms with Crippen LogP contribution in [-0.4, -0.2) is 28.9 Å². The van der Waals surface area contributed by atoms with Crippen molar-refractivity contribution in [3.63, 3.8) is 0 Å². The van der Waals surface area contributed by atoms with Gasteiger partial charge in [0.25, 0.3) is 5.91 Å². The molecule has 2 amide bonds. The lowest BCUT2D eigenvalue weighted by atomic mass is 10.1. The Balaban J connectivity index is 2.97. The molecule has 4 N–H and O–H groups in total. The second kappa shape index (κ2) is 6.29. The highest BCUT2D eigenvalue weighted by molar-refractivity contribution is 6.30. The fraction of sp³-hybridized carbons (Fsp3) is 0.182. The van der Waals surface area contributed by atoms with Gasteiger partial charge in [0.2, 0.25) is 5.91 Å². The van der Waals surface area contributed by atoms with E-state index in [1.165, 1.54) is 0 Å². The molecule has 0 heterocycles. The largest absolute Gasteiger partial charge is 0.480 e. The molecule has 1 rings (SSSR count). The fourth-order valence-corrected chi connectivity index (χ4v) is 1.48. The minimum atomic E-state index is -1.64. The molecule has 0 fully saturated rings. The number of aliphatic carboxylic acids is 1. The van der Waals surface area contributed by atoms with Crippen LogP contribution in [0.1, 0.15) is 16.8 Å². The van der Waals surface area contributed by atoms with Gasteiger partial charge in [0.05, 0.1) is 17.0 Å². The number of carbonyl (C=O) groups excluding carboxylic acids is 2. The van der Waals surface area contributed by atoms with Crippen LogP contribution in [0.25, 0.3) is 0 Å². The van der Waals surface area contributed by atoms with E-state index in [1.807, 2.05) is 5.32 Å². The lowest BCUT2D eigenvalue weighted by molar-refractivity contribution is -0.140. The third kappa shape index (κ3) is 3.89. The van der Waals surface area contributed by atoms with Crippen LogP contribution >= 0.6 is 11.6 Å². The lowest BCUT2D eigenvalue weighted by Gasteiger charge is -2.13. The zero-order valence-corrected chi connectivity index (χ0v) is 10.6.